The van der Waals surface area contributed by atoms with E-state index in [4.69, 9.17) is 4.74 Å². The molecular weight excluding hydrogens is 436 g/mol. The summed E-state index contributed by atoms with van der Waals surface area (Å²) in [5.41, 5.74) is 3.62. The van der Waals surface area contributed by atoms with E-state index in [2.05, 4.69) is 87.3 Å². The number of nitrogens with one attached hydrogen (secondary N) is 1. The van der Waals surface area contributed by atoms with Gasteiger partial charge in [-0.25, -0.2) is 0 Å². The number of ether oxygens (including phenoxy) is 1. The third-order valence-corrected chi connectivity index (χ3v) is 7.23. The number of likely N-dealkylation sites (N-methyl/N-ethyl adjacent to an activating group) is 1. The van der Waals surface area contributed by atoms with Crippen molar-refractivity contribution in [3.63, 3.8) is 0 Å². The maximum absolute atomic E-state index is 6.38. The van der Waals surface area contributed by atoms with E-state index in [9.17, 15) is 0 Å². The second kappa shape index (κ2) is 13.3. The molecule has 35 heavy (non-hydrogen) atoms. The third kappa shape index (κ3) is 8.24. The number of anilines is 1. The molecule has 2 saturated heterocycles. The predicted molar refractivity (Wildman–Crippen MR) is 146 cm³/mol. The lowest BCUT2D eigenvalue weighted by Crippen LogP contribution is -2.43. The first kappa shape index (κ1) is 26.0. The number of rotatable bonds is 12. The molecular formula is C28H46N6O. The molecule has 7 heteroatoms. The van der Waals surface area contributed by atoms with Gasteiger partial charge in [-0.05, 0) is 83.8 Å². The lowest BCUT2D eigenvalue weighted by molar-refractivity contribution is 0.148. The summed E-state index contributed by atoms with van der Waals surface area (Å²) in [6.45, 7) is 11.8. The van der Waals surface area contributed by atoms with Gasteiger partial charge in [0.2, 0.25) is 0 Å². The minimum Gasteiger partial charge on any atom is -0.490 e. The van der Waals surface area contributed by atoms with Crippen molar-refractivity contribution in [1.82, 2.24) is 24.2 Å². The summed E-state index contributed by atoms with van der Waals surface area (Å²) >= 11 is 0. The molecule has 2 aromatic rings. The van der Waals surface area contributed by atoms with Crippen molar-refractivity contribution in [1.29, 1.82) is 0 Å². The van der Waals surface area contributed by atoms with Gasteiger partial charge in [-0.2, -0.15) is 0 Å². The van der Waals surface area contributed by atoms with Crippen LogP contribution in [0.25, 0.3) is 5.69 Å². The number of hydrogen-bond donors (Lipinski definition) is 1. The number of piperidine rings is 1. The summed E-state index contributed by atoms with van der Waals surface area (Å²) in [5.74, 6) is 0.957. The molecule has 0 bridgehead atoms. The van der Waals surface area contributed by atoms with E-state index in [0.717, 1.165) is 82.5 Å². The summed E-state index contributed by atoms with van der Waals surface area (Å²) in [7, 11) is 6.46. The average molecular weight is 483 g/mol. The Morgan fingerprint density at radius 2 is 1.74 bits per heavy atom. The van der Waals surface area contributed by atoms with Gasteiger partial charge < -0.3 is 24.4 Å². The van der Waals surface area contributed by atoms with Gasteiger partial charge in [-0.15, -0.1) is 0 Å². The topological polar surface area (TPSA) is 39.1 Å². The van der Waals surface area contributed by atoms with Gasteiger partial charge in [-0.1, -0.05) is 6.42 Å². The average Bonchev–Trinajstić information content (AvgIpc) is 3.33. The summed E-state index contributed by atoms with van der Waals surface area (Å²) in [6, 6.07) is 8.83. The zero-order valence-corrected chi connectivity index (χ0v) is 22.2. The number of nitrogens with zero attached hydrogens (tertiary/aromatic N) is 5. The van der Waals surface area contributed by atoms with Crippen LogP contribution in [0.2, 0.25) is 0 Å². The molecule has 0 aliphatic carbocycles. The monoisotopic (exact) mass is 482 g/mol. The molecule has 0 atom stereocenters. The molecule has 0 amide bonds. The molecule has 4 rings (SSSR count). The molecule has 0 radical (unpaired) electrons. The molecule has 1 N–H and O–H groups in total. The van der Waals surface area contributed by atoms with Crippen LogP contribution in [0.5, 0.6) is 5.75 Å². The summed E-state index contributed by atoms with van der Waals surface area (Å²) in [4.78, 5) is 9.72. The van der Waals surface area contributed by atoms with E-state index in [1.54, 1.807) is 0 Å². The Morgan fingerprint density at radius 3 is 2.51 bits per heavy atom. The van der Waals surface area contributed by atoms with Crippen LogP contribution in [0.3, 0.4) is 0 Å². The van der Waals surface area contributed by atoms with Crippen LogP contribution in [0, 0.1) is 0 Å². The van der Waals surface area contributed by atoms with Gasteiger partial charge in [-0.3, -0.25) is 9.80 Å². The number of likely N-dealkylation sites (tertiary alicyclic amines) is 1. The van der Waals surface area contributed by atoms with Gasteiger partial charge in [0.1, 0.15) is 12.4 Å². The van der Waals surface area contributed by atoms with Gasteiger partial charge >= 0.3 is 0 Å². The maximum atomic E-state index is 6.38. The van der Waals surface area contributed by atoms with Gasteiger partial charge in [0, 0.05) is 70.0 Å². The van der Waals surface area contributed by atoms with Crippen LogP contribution < -0.4 is 10.1 Å². The summed E-state index contributed by atoms with van der Waals surface area (Å²) < 4.78 is 8.61. The Hall–Kier alpha value is -2.06. The Kier molecular flexibility index (Phi) is 9.89. The molecule has 1 aromatic heterocycles. The van der Waals surface area contributed by atoms with E-state index in [-0.39, 0.29) is 0 Å². The van der Waals surface area contributed by atoms with Gasteiger partial charge in [0.25, 0.3) is 0 Å². The fourth-order valence-electron chi connectivity index (χ4n) is 4.98. The molecule has 2 fully saturated rings. The second-order valence-electron chi connectivity index (χ2n) is 10.5. The number of benzene rings is 1. The molecule has 2 aliphatic heterocycles. The van der Waals surface area contributed by atoms with Crippen molar-refractivity contribution in [2.45, 2.75) is 32.2 Å². The summed E-state index contributed by atoms with van der Waals surface area (Å²) in [5, 5.41) is 3.61. The van der Waals surface area contributed by atoms with Crippen molar-refractivity contribution < 1.29 is 4.74 Å². The van der Waals surface area contributed by atoms with Gasteiger partial charge in [0.15, 0.2) is 0 Å². The zero-order valence-electron chi connectivity index (χ0n) is 22.2. The highest BCUT2D eigenvalue weighted by atomic mass is 16.5. The Bertz CT molecular complexity index is 883. The van der Waals surface area contributed by atoms with Crippen LogP contribution >= 0.6 is 0 Å². The standard InChI is InChI=1S/C28H46N6O/c1-30(2)12-7-11-29-27-9-8-26(22-28(27)35-21-20-32-13-5-4-6-14-32)34-15-10-25(24-34)23-33-18-16-31(3)17-19-33/h8-10,15,22,24,29H,4-7,11-14,16-21,23H2,1-3H3. The maximum Gasteiger partial charge on any atom is 0.144 e. The van der Waals surface area contributed by atoms with Crippen LogP contribution in [0.1, 0.15) is 31.2 Å². The van der Waals surface area contributed by atoms with E-state index < -0.39 is 0 Å². The van der Waals surface area contributed by atoms with E-state index in [0.29, 0.717) is 0 Å². The van der Waals surface area contributed by atoms with Crippen LogP contribution in [-0.2, 0) is 6.54 Å². The second-order valence-corrected chi connectivity index (χ2v) is 10.5. The minimum absolute atomic E-state index is 0.732. The first-order valence-electron chi connectivity index (χ1n) is 13.5. The number of piperazine rings is 1. The van der Waals surface area contributed by atoms with Crippen LogP contribution in [0.4, 0.5) is 5.69 Å². The molecule has 3 heterocycles. The lowest BCUT2D eigenvalue weighted by Gasteiger charge is -2.32. The summed E-state index contributed by atoms with van der Waals surface area (Å²) in [6.07, 6.45) is 9.57. The Balaban J connectivity index is 1.39. The van der Waals surface area contributed by atoms with Crippen molar-refractivity contribution >= 4 is 5.69 Å². The van der Waals surface area contributed by atoms with Crippen molar-refractivity contribution in [2.24, 2.45) is 0 Å². The van der Waals surface area contributed by atoms with Crippen LogP contribution in [-0.4, -0.2) is 111 Å². The molecule has 0 unspecified atom stereocenters. The first-order valence-corrected chi connectivity index (χ1v) is 13.5. The first-order chi connectivity index (χ1) is 17.1. The number of hydrogen-bond acceptors (Lipinski definition) is 6. The van der Waals surface area contributed by atoms with Gasteiger partial charge in [0.05, 0.1) is 5.69 Å². The quantitative estimate of drug-likeness (QED) is 0.467. The largest absolute Gasteiger partial charge is 0.490 e. The molecule has 194 valence electrons. The third-order valence-electron chi connectivity index (χ3n) is 7.23. The van der Waals surface area contributed by atoms with Crippen molar-refractivity contribution in [3.8, 4) is 11.4 Å². The molecule has 0 saturated carbocycles. The molecule has 1 aromatic carbocycles. The highest BCUT2D eigenvalue weighted by Gasteiger charge is 2.15. The highest BCUT2D eigenvalue weighted by molar-refractivity contribution is 5.61. The van der Waals surface area contributed by atoms with Crippen molar-refractivity contribution in [3.05, 3.63) is 42.2 Å². The lowest BCUT2D eigenvalue weighted by atomic mass is 10.1. The van der Waals surface area contributed by atoms with Crippen LogP contribution in [0.15, 0.2) is 36.7 Å². The van der Waals surface area contributed by atoms with E-state index >= 15 is 0 Å². The molecule has 0 spiro atoms. The smallest absolute Gasteiger partial charge is 0.144 e. The SMILES string of the molecule is CN(C)CCCNc1ccc(-n2ccc(CN3CCN(C)CC3)c2)cc1OCCN1CCCCC1. The zero-order chi connectivity index (χ0) is 24.5. The fraction of sp³-hybridized carbons (Fsp3) is 0.643. The predicted octanol–water partition coefficient (Wildman–Crippen LogP) is 3.45. The Labute approximate surface area is 212 Å². The van der Waals surface area contributed by atoms with E-state index in [1.165, 1.54) is 37.9 Å². The number of aromatic nitrogens is 1. The molecule has 7 nitrogen and oxygen atoms in total. The van der Waals surface area contributed by atoms with E-state index in [1.807, 2.05) is 0 Å². The highest BCUT2D eigenvalue weighted by Crippen LogP contribution is 2.28. The Morgan fingerprint density at radius 1 is 0.943 bits per heavy atom. The van der Waals surface area contributed by atoms with Crippen molar-refractivity contribution in [2.75, 3.05) is 92.0 Å². The molecule has 2 aliphatic rings. The minimum atomic E-state index is 0.732. The normalized spacial score (nSPS) is 18.3. The fourth-order valence-corrected chi connectivity index (χ4v) is 4.98.